The van der Waals surface area contributed by atoms with Gasteiger partial charge in [0.15, 0.2) is 12.1 Å². The minimum atomic E-state index is -4.22. The van der Waals surface area contributed by atoms with Crippen LogP contribution in [0.2, 0.25) is 0 Å². The Morgan fingerprint density at radius 3 is 2.42 bits per heavy atom. The number of amides is 1. The maximum absolute atomic E-state index is 12.9. The first-order chi connectivity index (χ1) is 15.6. The Morgan fingerprint density at radius 1 is 1.12 bits per heavy atom. The number of hydrogen-bond donors (Lipinski definition) is 2. The molecule has 0 spiro atoms. The van der Waals surface area contributed by atoms with Crippen molar-refractivity contribution in [2.24, 2.45) is 0 Å². The molecule has 2 aromatic rings. The molecule has 2 aliphatic heterocycles. The first-order valence-electron chi connectivity index (χ1n) is 10.6. The molecule has 4 rings (SSSR count). The van der Waals surface area contributed by atoms with Crippen molar-refractivity contribution >= 4 is 16.0 Å². The van der Waals surface area contributed by atoms with Crippen molar-refractivity contribution in [2.75, 3.05) is 6.54 Å². The zero-order chi connectivity index (χ0) is 23.8. The van der Waals surface area contributed by atoms with Gasteiger partial charge in [-0.3, -0.25) is 8.98 Å². The lowest BCUT2D eigenvalue weighted by Crippen LogP contribution is -2.48. The zero-order valence-electron chi connectivity index (χ0n) is 18.5. The molecule has 0 radical (unpaired) electrons. The van der Waals surface area contributed by atoms with E-state index in [0.29, 0.717) is 5.56 Å². The van der Waals surface area contributed by atoms with Gasteiger partial charge in [0, 0.05) is 12.1 Å². The van der Waals surface area contributed by atoms with Crippen LogP contribution in [0, 0.1) is 6.92 Å². The fourth-order valence-electron chi connectivity index (χ4n) is 3.84. The summed E-state index contributed by atoms with van der Waals surface area (Å²) in [6, 6.07) is 14.6. The van der Waals surface area contributed by atoms with E-state index in [1.165, 1.54) is 12.1 Å². The maximum Gasteiger partial charge on any atom is 0.297 e. The number of carbonyl (C=O) groups is 1. The average Bonchev–Trinajstić information content (AvgIpc) is 3.24. The maximum atomic E-state index is 12.9. The van der Waals surface area contributed by atoms with Crippen LogP contribution >= 0.6 is 0 Å². The van der Waals surface area contributed by atoms with Crippen LogP contribution in [-0.2, 0) is 28.5 Å². The standard InChI is InChI=1S/C23H27NO8S/c1-14-9-11-16(12-10-14)33(27,28)32-17(13-24-21(26)15-7-5-4-6-8-15)19-18(25)20-22(29-19)31-23(2,3)30-20/h4-12,17-20,22,25H,13H2,1-3H3,(H,24,26)/t17-,18+,19-,20-,22-/m1/s1. The Labute approximate surface area is 192 Å². The summed E-state index contributed by atoms with van der Waals surface area (Å²) >= 11 is 0. The second kappa shape index (κ2) is 9.13. The van der Waals surface area contributed by atoms with Gasteiger partial charge in [-0.15, -0.1) is 0 Å². The minimum Gasteiger partial charge on any atom is -0.387 e. The highest BCUT2D eigenvalue weighted by Gasteiger charge is 2.56. The summed E-state index contributed by atoms with van der Waals surface area (Å²) in [6.45, 7) is 4.98. The summed E-state index contributed by atoms with van der Waals surface area (Å²) in [4.78, 5) is 12.5. The normalized spacial score (nSPS) is 27.2. The molecule has 178 valence electrons. The summed E-state index contributed by atoms with van der Waals surface area (Å²) in [5, 5.41) is 13.5. The van der Waals surface area contributed by atoms with Gasteiger partial charge in [-0.05, 0) is 45.0 Å². The molecule has 2 aromatic carbocycles. The van der Waals surface area contributed by atoms with Crippen LogP contribution in [0.3, 0.4) is 0 Å². The highest BCUT2D eigenvalue weighted by molar-refractivity contribution is 7.86. The minimum absolute atomic E-state index is 0.0474. The smallest absolute Gasteiger partial charge is 0.297 e. The number of hydrogen-bond acceptors (Lipinski definition) is 8. The summed E-state index contributed by atoms with van der Waals surface area (Å²) in [5.41, 5.74) is 1.29. The highest BCUT2D eigenvalue weighted by Crippen LogP contribution is 2.39. The molecule has 0 unspecified atom stereocenters. The van der Waals surface area contributed by atoms with Gasteiger partial charge in [0.05, 0.1) is 4.90 Å². The Balaban J connectivity index is 1.54. The number of carbonyl (C=O) groups excluding carboxylic acids is 1. The number of fused-ring (bicyclic) bond motifs is 1. The van der Waals surface area contributed by atoms with Gasteiger partial charge in [0.2, 0.25) is 0 Å². The van der Waals surface area contributed by atoms with E-state index in [4.69, 9.17) is 18.4 Å². The van der Waals surface area contributed by atoms with Gasteiger partial charge in [-0.25, -0.2) is 0 Å². The van der Waals surface area contributed by atoms with E-state index in [0.717, 1.165) is 5.56 Å². The number of aliphatic hydroxyl groups is 1. The molecule has 2 N–H and O–H groups in total. The molecule has 0 aliphatic carbocycles. The van der Waals surface area contributed by atoms with Crippen LogP contribution in [0.5, 0.6) is 0 Å². The van der Waals surface area contributed by atoms with E-state index < -0.39 is 52.5 Å². The summed E-state index contributed by atoms with van der Waals surface area (Å²) in [7, 11) is -4.22. The van der Waals surface area contributed by atoms with Gasteiger partial charge in [-0.1, -0.05) is 35.9 Å². The van der Waals surface area contributed by atoms with Gasteiger partial charge in [0.25, 0.3) is 16.0 Å². The van der Waals surface area contributed by atoms with Crippen LogP contribution in [0.15, 0.2) is 59.5 Å². The first-order valence-corrected chi connectivity index (χ1v) is 12.0. The van der Waals surface area contributed by atoms with Crippen LogP contribution in [0.1, 0.15) is 29.8 Å². The van der Waals surface area contributed by atoms with Crippen molar-refractivity contribution < 1.29 is 36.7 Å². The Morgan fingerprint density at radius 2 is 1.79 bits per heavy atom. The first kappa shape index (κ1) is 23.8. The molecule has 0 saturated carbocycles. The lowest BCUT2D eigenvalue weighted by molar-refractivity contribution is -0.223. The molecular weight excluding hydrogens is 450 g/mol. The van der Waals surface area contributed by atoms with Crippen molar-refractivity contribution in [3.63, 3.8) is 0 Å². The third-order valence-corrected chi connectivity index (χ3v) is 6.83. The lowest BCUT2D eigenvalue weighted by Gasteiger charge is -2.28. The van der Waals surface area contributed by atoms with Crippen molar-refractivity contribution in [3.05, 3.63) is 65.7 Å². The third-order valence-electron chi connectivity index (χ3n) is 5.48. The molecule has 0 bridgehead atoms. The van der Waals surface area contributed by atoms with Gasteiger partial charge < -0.3 is 24.6 Å². The predicted octanol–water partition coefficient (Wildman–Crippen LogP) is 1.74. The van der Waals surface area contributed by atoms with Gasteiger partial charge in [-0.2, -0.15) is 8.42 Å². The Hall–Kier alpha value is -2.34. The molecule has 0 aromatic heterocycles. The van der Waals surface area contributed by atoms with Crippen LogP contribution in [-0.4, -0.2) is 62.5 Å². The molecular formula is C23H27NO8S. The number of aliphatic hydroxyl groups excluding tert-OH is 1. The molecule has 5 atom stereocenters. The molecule has 2 heterocycles. The van der Waals surface area contributed by atoms with Gasteiger partial charge in [0.1, 0.15) is 24.4 Å². The second-order valence-corrected chi connectivity index (χ2v) is 10.1. The SMILES string of the molecule is Cc1ccc(S(=O)(=O)O[C@H](CNC(=O)c2ccccc2)[C@H]2O[C@@H]3OC(C)(C)O[C@@H]3[C@H]2O)cc1. The quantitative estimate of drug-likeness (QED) is 0.579. The molecule has 1 amide bonds. The number of nitrogens with one attached hydrogen (secondary N) is 1. The van der Waals surface area contributed by atoms with Crippen molar-refractivity contribution in [1.82, 2.24) is 5.32 Å². The summed E-state index contributed by atoms with van der Waals surface area (Å²) < 4.78 is 48.5. The Bertz CT molecular complexity index is 1090. The van der Waals surface area contributed by atoms with Crippen molar-refractivity contribution in [3.8, 4) is 0 Å². The third kappa shape index (κ3) is 5.26. The van der Waals surface area contributed by atoms with E-state index in [2.05, 4.69) is 5.32 Å². The van der Waals surface area contributed by atoms with E-state index in [9.17, 15) is 18.3 Å². The van der Waals surface area contributed by atoms with E-state index in [1.54, 1.807) is 56.3 Å². The van der Waals surface area contributed by atoms with E-state index >= 15 is 0 Å². The van der Waals surface area contributed by atoms with Crippen LogP contribution in [0.4, 0.5) is 0 Å². The molecule has 2 aliphatic rings. The predicted molar refractivity (Wildman–Crippen MR) is 117 cm³/mol. The Kier molecular flexibility index (Phi) is 6.59. The average molecular weight is 478 g/mol. The topological polar surface area (TPSA) is 120 Å². The lowest BCUT2D eigenvalue weighted by atomic mass is 10.1. The van der Waals surface area contributed by atoms with Crippen LogP contribution < -0.4 is 5.32 Å². The fraction of sp³-hybridized carbons (Fsp3) is 0.435. The van der Waals surface area contributed by atoms with Crippen molar-refractivity contribution in [2.45, 2.75) is 62.2 Å². The molecule has 2 saturated heterocycles. The van der Waals surface area contributed by atoms with Crippen molar-refractivity contribution in [1.29, 1.82) is 0 Å². The van der Waals surface area contributed by atoms with Crippen LogP contribution in [0.25, 0.3) is 0 Å². The molecule has 9 nitrogen and oxygen atoms in total. The monoisotopic (exact) mass is 477 g/mol. The zero-order valence-corrected chi connectivity index (χ0v) is 19.3. The molecule has 10 heteroatoms. The van der Waals surface area contributed by atoms with E-state index in [1.807, 2.05) is 6.92 Å². The molecule has 2 fully saturated rings. The number of benzene rings is 2. The number of aryl methyl sites for hydroxylation is 1. The summed E-state index contributed by atoms with van der Waals surface area (Å²) in [5.74, 6) is -1.37. The fourth-order valence-corrected chi connectivity index (χ4v) is 4.92. The number of rotatable bonds is 7. The second-order valence-electron chi connectivity index (χ2n) is 8.54. The number of ether oxygens (including phenoxy) is 3. The largest absolute Gasteiger partial charge is 0.387 e. The molecule has 33 heavy (non-hydrogen) atoms. The van der Waals surface area contributed by atoms with Gasteiger partial charge >= 0.3 is 0 Å². The highest BCUT2D eigenvalue weighted by atomic mass is 32.2. The summed E-state index contributed by atoms with van der Waals surface area (Å²) in [6.07, 6.45) is -5.29. The van der Waals surface area contributed by atoms with E-state index in [-0.39, 0.29) is 11.4 Å².